The molecule has 35 heavy (non-hydrogen) atoms. The van der Waals surface area contributed by atoms with E-state index < -0.39 is 17.7 Å². The zero-order chi connectivity index (χ0) is 25.2. The third kappa shape index (κ3) is 6.63. The van der Waals surface area contributed by atoms with E-state index in [2.05, 4.69) is 30.9 Å². The molecule has 4 nitrogen and oxygen atoms in total. The number of likely N-dealkylation sites (tertiary alicyclic amines) is 1. The molecule has 1 aromatic carbocycles. The van der Waals surface area contributed by atoms with Crippen LogP contribution in [0.3, 0.4) is 0 Å². The van der Waals surface area contributed by atoms with Gasteiger partial charge in [-0.25, -0.2) is 0 Å². The highest BCUT2D eigenvalue weighted by molar-refractivity contribution is 5.67. The van der Waals surface area contributed by atoms with Crippen LogP contribution in [0.15, 0.2) is 42.6 Å². The Hall–Kier alpha value is -2.41. The van der Waals surface area contributed by atoms with Gasteiger partial charge in [-0.3, -0.25) is 14.7 Å². The molecule has 3 atom stereocenters. The number of aromatic nitrogens is 1. The second-order valence-electron chi connectivity index (χ2n) is 10.6. The molecule has 4 rings (SSSR count). The highest BCUT2D eigenvalue weighted by Crippen LogP contribution is 2.44. The van der Waals surface area contributed by atoms with Crippen LogP contribution < -0.4 is 0 Å². The first-order valence-electron chi connectivity index (χ1n) is 12.7. The fourth-order valence-electron chi connectivity index (χ4n) is 5.33. The maximum atomic E-state index is 13.2. The number of halogens is 3. The van der Waals surface area contributed by atoms with E-state index in [0.717, 1.165) is 48.2 Å². The predicted molar refractivity (Wildman–Crippen MR) is 129 cm³/mol. The van der Waals surface area contributed by atoms with Crippen LogP contribution >= 0.6 is 0 Å². The van der Waals surface area contributed by atoms with Gasteiger partial charge >= 0.3 is 12.1 Å². The molecule has 1 saturated heterocycles. The normalized spacial score (nSPS) is 22.3. The lowest BCUT2D eigenvalue weighted by molar-refractivity contribution is -0.139. The lowest BCUT2D eigenvalue weighted by Gasteiger charge is -2.44. The molecule has 2 heterocycles. The van der Waals surface area contributed by atoms with Crippen LogP contribution in [0.25, 0.3) is 0 Å². The smallest absolute Gasteiger partial charge is 0.416 e. The van der Waals surface area contributed by atoms with Crippen molar-refractivity contribution in [2.24, 2.45) is 11.8 Å². The summed E-state index contributed by atoms with van der Waals surface area (Å²) in [4.78, 5) is 18.6. The molecular formula is C28H35F3N2O2. The van der Waals surface area contributed by atoms with Gasteiger partial charge in [0.05, 0.1) is 5.56 Å². The number of piperidine rings is 1. The Morgan fingerprint density at radius 1 is 1.09 bits per heavy atom. The fourth-order valence-corrected chi connectivity index (χ4v) is 5.33. The van der Waals surface area contributed by atoms with Crippen LogP contribution in [0.2, 0.25) is 0 Å². The largest absolute Gasteiger partial charge is 0.481 e. The molecule has 1 aliphatic carbocycles. The van der Waals surface area contributed by atoms with Crippen molar-refractivity contribution >= 4 is 5.97 Å². The lowest BCUT2D eigenvalue weighted by Crippen LogP contribution is -2.40. The first-order valence-corrected chi connectivity index (χ1v) is 12.7. The number of benzene rings is 1. The highest BCUT2D eigenvalue weighted by atomic mass is 19.4. The number of hydrogen-bond acceptors (Lipinski definition) is 3. The Labute approximate surface area is 205 Å². The molecule has 0 spiro atoms. The van der Waals surface area contributed by atoms with Gasteiger partial charge < -0.3 is 5.11 Å². The predicted octanol–water partition coefficient (Wildman–Crippen LogP) is 7.38. The third-order valence-corrected chi connectivity index (χ3v) is 7.45. The molecule has 0 bridgehead atoms. The van der Waals surface area contributed by atoms with Crippen LogP contribution in [0.4, 0.5) is 13.2 Å². The highest BCUT2D eigenvalue weighted by Gasteiger charge is 2.37. The second-order valence-corrected chi connectivity index (χ2v) is 10.6. The van der Waals surface area contributed by atoms with Gasteiger partial charge in [-0.15, -0.1) is 0 Å². The molecule has 1 N–H and O–H groups in total. The van der Waals surface area contributed by atoms with Crippen molar-refractivity contribution in [2.45, 2.75) is 83.0 Å². The van der Waals surface area contributed by atoms with Gasteiger partial charge in [-0.2, -0.15) is 13.2 Å². The van der Waals surface area contributed by atoms with Gasteiger partial charge in [0.2, 0.25) is 0 Å². The van der Waals surface area contributed by atoms with Gasteiger partial charge in [0.25, 0.3) is 0 Å². The summed E-state index contributed by atoms with van der Waals surface area (Å²) in [5.41, 5.74) is 2.41. The quantitative estimate of drug-likeness (QED) is 0.400. The molecule has 1 saturated carbocycles. The van der Waals surface area contributed by atoms with E-state index in [-0.39, 0.29) is 24.4 Å². The van der Waals surface area contributed by atoms with Crippen molar-refractivity contribution < 1.29 is 23.1 Å². The van der Waals surface area contributed by atoms with Crippen LogP contribution in [-0.2, 0) is 11.0 Å². The number of nitrogens with zero attached hydrogens (tertiary/aromatic N) is 2. The zero-order valence-corrected chi connectivity index (χ0v) is 20.5. The number of carboxylic acids is 1. The number of pyridine rings is 1. The summed E-state index contributed by atoms with van der Waals surface area (Å²) in [7, 11) is 0. The first-order chi connectivity index (χ1) is 16.6. The molecule has 1 aliphatic heterocycles. The van der Waals surface area contributed by atoms with Crippen LogP contribution in [-0.4, -0.2) is 27.5 Å². The Morgan fingerprint density at radius 3 is 2.34 bits per heavy atom. The number of rotatable bonds is 9. The van der Waals surface area contributed by atoms with Crippen molar-refractivity contribution in [3.63, 3.8) is 0 Å². The summed E-state index contributed by atoms with van der Waals surface area (Å²) in [6, 6.07) is 9.65. The van der Waals surface area contributed by atoms with Gasteiger partial charge in [0.15, 0.2) is 0 Å². The molecule has 0 amide bonds. The SMILES string of the molecule is CC(C)CC[C@H](c1ccc(C2CC2)nc1)N1CC[C@@H](CC(=O)O)C[C@H]1c1ccc(C(F)(F)F)cc1. The van der Waals surface area contributed by atoms with Crippen molar-refractivity contribution in [2.75, 3.05) is 6.54 Å². The molecule has 2 aliphatic rings. The summed E-state index contributed by atoms with van der Waals surface area (Å²) < 4.78 is 39.5. The van der Waals surface area contributed by atoms with Gasteiger partial charge in [0.1, 0.15) is 0 Å². The summed E-state index contributed by atoms with van der Waals surface area (Å²) in [5, 5.41) is 9.38. The van der Waals surface area contributed by atoms with E-state index in [1.54, 1.807) is 12.1 Å². The summed E-state index contributed by atoms with van der Waals surface area (Å²) in [5.74, 6) is 0.262. The second kappa shape index (κ2) is 10.7. The minimum Gasteiger partial charge on any atom is -0.481 e. The molecule has 0 radical (unpaired) electrons. The Morgan fingerprint density at radius 2 is 1.80 bits per heavy atom. The van der Waals surface area contributed by atoms with E-state index in [1.165, 1.54) is 12.8 Å². The number of carboxylic acid groups (broad SMARTS) is 1. The lowest BCUT2D eigenvalue weighted by atomic mass is 9.82. The topological polar surface area (TPSA) is 53.4 Å². The van der Waals surface area contributed by atoms with Gasteiger partial charge in [-0.1, -0.05) is 32.0 Å². The average molecular weight is 489 g/mol. The minimum absolute atomic E-state index is 0.00263. The van der Waals surface area contributed by atoms with Gasteiger partial charge in [-0.05, 0) is 86.2 Å². The number of hydrogen-bond donors (Lipinski definition) is 1. The maximum absolute atomic E-state index is 13.2. The molecule has 7 heteroatoms. The van der Waals surface area contributed by atoms with E-state index in [1.807, 2.05) is 6.20 Å². The van der Waals surface area contributed by atoms with Crippen molar-refractivity contribution in [3.05, 3.63) is 65.0 Å². The number of aliphatic carboxylic acids is 1. The first kappa shape index (κ1) is 25.7. The Bertz CT molecular complexity index is 985. The Kier molecular flexibility index (Phi) is 7.84. The molecule has 2 fully saturated rings. The van der Waals surface area contributed by atoms with Crippen molar-refractivity contribution in [3.8, 4) is 0 Å². The third-order valence-electron chi connectivity index (χ3n) is 7.45. The average Bonchev–Trinajstić information content (AvgIpc) is 3.65. The molecule has 0 unspecified atom stereocenters. The van der Waals surface area contributed by atoms with E-state index in [0.29, 0.717) is 24.8 Å². The van der Waals surface area contributed by atoms with Crippen LogP contribution in [0.1, 0.15) is 99.2 Å². The summed E-state index contributed by atoms with van der Waals surface area (Å²) in [6.45, 7) is 5.09. The van der Waals surface area contributed by atoms with Crippen LogP contribution in [0, 0.1) is 11.8 Å². The monoisotopic (exact) mass is 488 g/mol. The number of alkyl halides is 3. The van der Waals surface area contributed by atoms with E-state index in [4.69, 9.17) is 4.98 Å². The van der Waals surface area contributed by atoms with Gasteiger partial charge in [0, 0.05) is 36.3 Å². The van der Waals surface area contributed by atoms with E-state index >= 15 is 0 Å². The van der Waals surface area contributed by atoms with E-state index in [9.17, 15) is 23.1 Å². The summed E-state index contributed by atoms with van der Waals surface area (Å²) in [6.07, 6.45) is 3.37. The summed E-state index contributed by atoms with van der Waals surface area (Å²) >= 11 is 0. The van der Waals surface area contributed by atoms with Crippen LogP contribution in [0.5, 0.6) is 0 Å². The fraction of sp³-hybridized carbons (Fsp3) is 0.571. The standard InChI is InChI=1S/C28H35F3N2O2/c1-18(2)3-12-25(22-8-11-24(32-17-22)20-4-5-20)33-14-13-19(16-27(34)35)15-26(33)21-6-9-23(10-7-21)28(29,30)31/h6-11,17-20,25-26H,3-5,12-16H2,1-2H3,(H,34,35)/t19-,25-,26+/m1/s1. The minimum atomic E-state index is -4.38. The van der Waals surface area contributed by atoms with Crippen molar-refractivity contribution in [1.29, 1.82) is 0 Å². The zero-order valence-electron chi connectivity index (χ0n) is 20.5. The number of carbonyl (C=O) groups is 1. The molecule has 2 aromatic rings. The molecule has 1 aromatic heterocycles. The molecule has 190 valence electrons. The molecular weight excluding hydrogens is 453 g/mol. The Balaban J connectivity index is 1.65. The maximum Gasteiger partial charge on any atom is 0.416 e. The van der Waals surface area contributed by atoms with Crippen molar-refractivity contribution in [1.82, 2.24) is 9.88 Å².